The van der Waals surface area contributed by atoms with Gasteiger partial charge in [0.2, 0.25) is 5.91 Å². The standard InChI is InChI=1S/C14H13N3O4/c15-11-3-5-12(6-4-11)21-8-10-2-1-9(14(16)18)7-13(10)17(19)20/h1-7H,8,15H2,(H2,16,18). The third-order valence-electron chi connectivity index (χ3n) is 2.84. The van der Waals surface area contributed by atoms with E-state index in [1.54, 1.807) is 24.3 Å². The van der Waals surface area contributed by atoms with Crippen LogP contribution < -0.4 is 16.2 Å². The van der Waals surface area contributed by atoms with Crippen LogP contribution in [0.1, 0.15) is 15.9 Å². The molecule has 21 heavy (non-hydrogen) atoms. The van der Waals surface area contributed by atoms with Crippen molar-refractivity contribution in [3.8, 4) is 5.75 Å². The topological polar surface area (TPSA) is 121 Å². The number of anilines is 1. The molecule has 0 spiro atoms. The number of hydrogen-bond donors (Lipinski definition) is 2. The van der Waals surface area contributed by atoms with Gasteiger partial charge in [-0.2, -0.15) is 0 Å². The van der Waals surface area contributed by atoms with Crippen molar-refractivity contribution < 1.29 is 14.5 Å². The molecule has 2 aromatic rings. The Morgan fingerprint density at radius 1 is 1.19 bits per heavy atom. The van der Waals surface area contributed by atoms with Gasteiger partial charge in [0.05, 0.1) is 10.5 Å². The third kappa shape index (κ3) is 3.47. The average Bonchev–Trinajstić information content (AvgIpc) is 2.46. The van der Waals surface area contributed by atoms with Crippen LogP contribution in [0, 0.1) is 10.1 Å². The first-order valence-corrected chi connectivity index (χ1v) is 6.03. The van der Waals surface area contributed by atoms with E-state index in [1.807, 2.05) is 0 Å². The van der Waals surface area contributed by atoms with Gasteiger partial charge in [0, 0.05) is 17.3 Å². The molecule has 1 amide bonds. The number of nitrogen functional groups attached to an aromatic ring is 1. The molecule has 0 aliphatic rings. The lowest BCUT2D eigenvalue weighted by Gasteiger charge is -2.08. The Hall–Kier alpha value is -3.09. The van der Waals surface area contributed by atoms with Crippen molar-refractivity contribution in [3.05, 3.63) is 63.7 Å². The number of nitrogens with zero attached hydrogens (tertiary/aromatic N) is 1. The Morgan fingerprint density at radius 2 is 1.86 bits per heavy atom. The molecule has 0 saturated carbocycles. The Bertz CT molecular complexity index is 683. The molecule has 0 saturated heterocycles. The van der Waals surface area contributed by atoms with Crippen LogP contribution >= 0.6 is 0 Å². The molecule has 7 nitrogen and oxygen atoms in total. The Balaban J connectivity index is 2.21. The number of amides is 1. The molecule has 0 atom stereocenters. The summed E-state index contributed by atoms with van der Waals surface area (Å²) in [7, 11) is 0. The minimum atomic E-state index is -0.718. The second-order valence-electron chi connectivity index (χ2n) is 4.32. The minimum absolute atomic E-state index is 0.000721. The van der Waals surface area contributed by atoms with Gasteiger partial charge in [0.15, 0.2) is 0 Å². The van der Waals surface area contributed by atoms with E-state index >= 15 is 0 Å². The summed E-state index contributed by atoms with van der Waals surface area (Å²) in [6.45, 7) is -0.000721. The van der Waals surface area contributed by atoms with Crippen molar-refractivity contribution in [3.63, 3.8) is 0 Å². The molecule has 2 rings (SSSR count). The van der Waals surface area contributed by atoms with Gasteiger partial charge in [0.25, 0.3) is 5.69 Å². The van der Waals surface area contributed by atoms with E-state index in [0.717, 1.165) is 6.07 Å². The zero-order valence-corrected chi connectivity index (χ0v) is 11.0. The first kappa shape index (κ1) is 14.3. The van der Waals surface area contributed by atoms with Crippen LogP contribution in [0.2, 0.25) is 0 Å². The Morgan fingerprint density at radius 3 is 2.43 bits per heavy atom. The number of ether oxygens (including phenoxy) is 1. The molecule has 0 radical (unpaired) electrons. The van der Waals surface area contributed by atoms with Gasteiger partial charge in [-0.3, -0.25) is 14.9 Å². The van der Waals surface area contributed by atoms with E-state index in [-0.39, 0.29) is 17.9 Å². The van der Waals surface area contributed by atoms with E-state index in [9.17, 15) is 14.9 Å². The quantitative estimate of drug-likeness (QED) is 0.493. The molecule has 2 aromatic carbocycles. The number of hydrogen-bond acceptors (Lipinski definition) is 5. The summed E-state index contributed by atoms with van der Waals surface area (Å²) >= 11 is 0. The van der Waals surface area contributed by atoms with Crippen LogP contribution in [0.15, 0.2) is 42.5 Å². The number of rotatable bonds is 5. The van der Waals surface area contributed by atoms with Crippen molar-refractivity contribution in [2.45, 2.75) is 6.61 Å². The van der Waals surface area contributed by atoms with Gasteiger partial charge in [-0.1, -0.05) is 0 Å². The summed E-state index contributed by atoms with van der Waals surface area (Å²) in [5.41, 5.74) is 11.5. The van der Waals surface area contributed by atoms with Crippen molar-refractivity contribution in [1.29, 1.82) is 0 Å². The zero-order valence-electron chi connectivity index (χ0n) is 11.0. The number of nitro groups is 1. The van der Waals surface area contributed by atoms with Crippen molar-refractivity contribution >= 4 is 17.3 Å². The van der Waals surface area contributed by atoms with Crippen molar-refractivity contribution in [2.75, 3.05) is 5.73 Å². The molecule has 0 bridgehead atoms. The van der Waals surface area contributed by atoms with Crippen molar-refractivity contribution in [1.82, 2.24) is 0 Å². The smallest absolute Gasteiger partial charge is 0.276 e. The zero-order chi connectivity index (χ0) is 15.4. The number of benzene rings is 2. The van der Waals surface area contributed by atoms with Crippen LogP contribution in [0.3, 0.4) is 0 Å². The first-order chi connectivity index (χ1) is 9.97. The van der Waals surface area contributed by atoms with Gasteiger partial charge in [-0.25, -0.2) is 0 Å². The number of nitrogens with two attached hydrogens (primary N) is 2. The summed E-state index contributed by atoms with van der Waals surface area (Å²) < 4.78 is 5.46. The molecule has 0 unspecified atom stereocenters. The van der Waals surface area contributed by atoms with Gasteiger partial charge in [-0.05, 0) is 36.4 Å². The molecular formula is C14H13N3O4. The Kier molecular flexibility index (Phi) is 4.03. The van der Waals surface area contributed by atoms with Crippen LogP contribution in [0.4, 0.5) is 11.4 Å². The van der Waals surface area contributed by atoms with E-state index < -0.39 is 10.8 Å². The second-order valence-corrected chi connectivity index (χ2v) is 4.32. The molecule has 0 fully saturated rings. The molecule has 108 valence electrons. The lowest BCUT2D eigenvalue weighted by atomic mass is 10.1. The summed E-state index contributed by atoms with van der Waals surface area (Å²) in [5.74, 6) is -0.179. The van der Waals surface area contributed by atoms with Gasteiger partial charge in [0.1, 0.15) is 12.4 Å². The summed E-state index contributed by atoms with van der Waals surface area (Å²) in [4.78, 5) is 21.5. The number of nitro benzene ring substituents is 1. The summed E-state index contributed by atoms with van der Waals surface area (Å²) in [6.07, 6.45) is 0. The van der Waals surface area contributed by atoms with Gasteiger partial charge >= 0.3 is 0 Å². The lowest BCUT2D eigenvalue weighted by Crippen LogP contribution is -2.12. The normalized spacial score (nSPS) is 10.1. The minimum Gasteiger partial charge on any atom is -0.489 e. The molecule has 0 aromatic heterocycles. The molecule has 0 heterocycles. The van der Waals surface area contributed by atoms with E-state index in [1.165, 1.54) is 12.1 Å². The second kappa shape index (κ2) is 5.91. The fourth-order valence-corrected chi connectivity index (χ4v) is 1.73. The predicted molar refractivity (Wildman–Crippen MR) is 76.8 cm³/mol. The predicted octanol–water partition coefficient (Wildman–Crippen LogP) is 1.85. The summed E-state index contributed by atoms with van der Waals surface area (Å²) in [5, 5.41) is 11.0. The highest BCUT2D eigenvalue weighted by Gasteiger charge is 2.16. The maximum absolute atomic E-state index is 11.1. The van der Waals surface area contributed by atoms with E-state index in [0.29, 0.717) is 17.0 Å². The Labute approximate surface area is 120 Å². The SMILES string of the molecule is NC(=O)c1ccc(COc2ccc(N)cc2)c([N+](=O)[O-])c1. The van der Waals surface area contributed by atoms with Crippen LogP contribution in [0.5, 0.6) is 5.75 Å². The van der Waals surface area contributed by atoms with E-state index in [2.05, 4.69) is 0 Å². The van der Waals surface area contributed by atoms with Crippen LogP contribution in [0.25, 0.3) is 0 Å². The average molecular weight is 287 g/mol. The van der Waals surface area contributed by atoms with Crippen LogP contribution in [-0.2, 0) is 6.61 Å². The maximum Gasteiger partial charge on any atom is 0.276 e. The fraction of sp³-hybridized carbons (Fsp3) is 0.0714. The molecule has 0 aliphatic heterocycles. The van der Waals surface area contributed by atoms with Crippen molar-refractivity contribution in [2.24, 2.45) is 5.73 Å². The maximum atomic E-state index is 11.1. The molecule has 7 heteroatoms. The highest BCUT2D eigenvalue weighted by molar-refractivity contribution is 5.93. The fourth-order valence-electron chi connectivity index (χ4n) is 1.73. The van der Waals surface area contributed by atoms with Gasteiger partial charge in [-0.15, -0.1) is 0 Å². The first-order valence-electron chi connectivity index (χ1n) is 6.03. The summed E-state index contributed by atoms with van der Waals surface area (Å²) in [6, 6.07) is 10.7. The van der Waals surface area contributed by atoms with E-state index in [4.69, 9.17) is 16.2 Å². The third-order valence-corrected chi connectivity index (χ3v) is 2.84. The number of carbonyl (C=O) groups excluding carboxylic acids is 1. The lowest BCUT2D eigenvalue weighted by molar-refractivity contribution is -0.385. The highest BCUT2D eigenvalue weighted by atomic mass is 16.6. The molecule has 0 aliphatic carbocycles. The largest absolute Gasteiger partial charge is 0.489 e. The monoisotopic (exact) mass is 287 g/mol. The molecular weight excluding hydrogens is 274 g/mol. The van der Waals surface area contributed by atoms with Gasteiger partial charge < -0.3 is 16.2 Å². The number of primary amides is 1. The molecule has 4 N–H and O–H groups in total. The number of carbonyl (C=O) groups is 1. The highest BCUT2D eigenvalue weighted by Crippen LogP contribution is 2.22. The van der Waals surface area contributed by atoms with Crippen LogP contribution in [-0.4, -0.2) is 10.8 Å².